The molecule has 4 N–H and O–H groups in total. The Bertz CT molecular complexity index is 1360. The SMILES string of the molecule is Cc1cc(C[C@@H](CC(=O)N2CCC(N3CCc4cscc4NC3=O)CC2)C(=O)N2CCN(C3CCNCC3)CC2)cc(Cl)c1N. The second-order valence-electron chi connectivity index (χ2n) is 13.1. The molecule has 10 nitrogen and oxygen atoms in total. The van der Waals surface area contributed by atoms with Gasteiger partial charge in [-0.3, -0.25) is 14.5 Å². The zero-order valence-electron chi connectivity index (χ0n) is 26.2. The number of hydrogen-bond acceptors (Lipinski definition) is 7. The van der Waals surface area contributed by atoms with Gasteiger partial charge in [-0.15, -0.1) is 11.3 Å². The molecule has 6 rings (SSSR count). The molecule has 5 heterocycles. The first kappa shape index (κ1) is 32.1. The number of aryl methyl sites for hydroxylation is 1. The van der Waals surface area contributed by atoms with Crippen LogP contribution in [0.4, 0.5) is 16.2 Å². The summed E-state index contributed by atoms with van der Waals surface area (Å²) in [6.45, 7) is 8.97. The average Bonchev–Trinajstić information content (AvgIpc) is 3.43. The van der Waals surface area contributed by atoms with Crippen molar-refractivity contribution in [2.75, 3.05) is 70.0 Å². The molecule has 0 spiro atoms. The van der Waals surface area contributed by atoms with Crippen LogP contribution in [0.2, 0.25) is 5.02 Å². The van der Waals surface area contributed by atoms with Gasteiger partial charge in [0.2, 0.25) is 11.8 Å². The van der Waals surface area contributed by atoms with Gasteiger partial charge in [-0.2, -0.15) is 0 Å². The Balaban J connectivity index is 1.09. The Hall–Kier alpha value is -2.86. The van der Waals surface area contributed by atoms with Crippen molar-refractivity contribution in [1.82, 2.24) is 24.9 Å². The number of carbonyl (C=O) groups is 3. The summed E-state index contributed by atoms with van der Waals surface area (Å²) in [5.74, 6) is -0.432. The molecule has 244 valence electrons. The van der Waals surface area contributed by atoms with Gasteiger partial charge in [0.05, 0.1) is 22.3 Å². The molecule has 45 heavy (non-hydrogen) atoms. The predicted molar refractivity (Wildman–Crippen MR) is 180 cm³/mol. The zero-order valence-corrected chi connectivity index (χ0v) is 27.8. The second kappa shape index (κ2) is 14.3. The largest absolute Gasteiger partial charge is 0.397 e. The monoisotopic (exact) mass is 655 g/mol. The standard InChI is InChI=1S/C33H46ClN7O3S/c1-22-16-23(18-28(34)31(22)35)17-25(32(43)40-14-12-38(13-15-40)26-2-7-36-8-3-26)19-30(42)39-9-5-27(6-10-39)41-11-4-24-20-45-21-29(24)37-33(41)44/h16,18,20-21,25-27,36H,2-15,17,19,35H2,1H3,(H,37,44)/t25-/m0/s1. The highest BCUT2D eigenvalue weighted by atomic mass is 35.5. The van der Waals surface area contributed by atoms with E-state index in [4.69, 9.17) is 17.3 Å². The van der Waals surface area contributed by atoms with Crippen molar-refractivity contribution in [2.24, 2.45) is 5.92 Å². The molecular formula is C33H46ClN7O3S. The number of hydrogen-bond donors (Lipinski definition) is 3. The zero-order chi connectivity index (χ0) is 31.5. The molecule has 0 bridgehead atoms. The van der Waals surface area contributed by atoms with Gasteiger partial charge in [0, 0.05) is 69.7 Å². The smallest absolute Gasteiger partial charge is 0.322 e. The minimum atomic E-state index is -0.477. The summed E-state index contributed by atoms with van der Waals surface area (Å²) >= 11 is 8.04. The Morgan fingerprint density at radius 2 is 1.71 bits per heavy atom. The number of halogens is 1. The number of nitrogens with two attached hydrogens (primary N) is 1. The van der Waals surface area contributed by atoms with Crippen LogP contribution in [-0.4, -0.2) is 108 Å². The van der Waals surface area contributed by atoms with Crippen molar-refractivity contribution < 1.29 is 14.4 Å². The highest BCUT2D eigenvalue weighted by molar-refractivity contribution is 7.08. The topological polar surface area (TPSA) is 114 Å². The van der Waals surface area contributed by atoms with Gasteiger partial charge < -0.3 is 31.1 Å². The Morgan fingerprint density at radius 1 is 0.978 bits per heavy atom. The quantitative estimate of drug-likeness (QED) is 0.391. The van der Waals surface area contributed by atoms with Gasteiger partial charge in [-0.05, 0) is 86.7 Å². The van der Waals surface area contributed by atoms with Gasteiger partial charge in [-0.1, -0.05) is 17.7 Å². The molecule has 1 aromatic carbocycles. The first-order chi connectivity index (χ1) is 21.8. The maximum absolute atomic E-state index is 14.1. The maximum atomic E-state index is 14.1. The lowest BCUT2D eigenvalue weighted by molar-refractivity contribution is -0.143. The number of urea groups is 1. The molecule has 0 aliphatic carbocycles. The van der Waals surface area contributed by atoms with E-state index in [0.717, 1.165) is 75.1 Å². The number of nitrogens with one attached hydrogen (secondary N) is 2. The van der Waals surface area contributed by atoms with Crippen LogP contribution in [0.25, 0.3) is 0 Å². The lowest BCUT2D eigenvalue weighted by Crippen LogP contribution is -2.55. The number of amides is 4. The van der Waals surface area contributed by atoms with E-state index in [0.29, 0.717) is 55.9 Å². The summed E-state index contributed by atoms with van der Waals surface area (Å²) in [5, 5.41) is 11.1. The highest BCUT2D eigenvalue weighted by Gasteiger charge is 2.35. The number of nitrogen functional groups attached to an aromatic ring is 1. The van der Waals surface area contributed by atoms with Gasteiger partial charge in [0.15, 0.2) is 0 Å². The summed E-state index contributed by atoms with van der Waals surface area (Å²) in [7, 11) is 0. The number of piperidine rings is 2. The van der Waals surface area contributed by atoms with Crippen molar-refractivity contribution >= 4 is 52.2 Å². The van der Waals surface area contributed by atoms with E-state index in [2.05, 4.69) is 20.9 Å². The third-order valence-electron chi connectivity index (χ3n) is 10.2. The van der Waals surface area contributed by atoms with Crippen molar-refractivity contribution in [2.45, 2.75) is 64.0 Å². The van der Waals surface area contributed by atoms with Crippen molar-refractivity contribution in [1.29, 1.82) is 0 Å². The lowest BCUT2D eigenvalue weighted by Gasteiger charge is -2.42. The van der Waals surface area contributed by atoms with Crippen molar-refractivity contribution in [3.8, 4) is 0 Å². The Morgan fingerprint density at radius 3 is 2.42 bits per heavy atom. The Kier molecular flexibility index (Phi) is 10.2. The van der Waals surface area contributed by atoms with Crippen molar-refractivity contribution in [3.05, 3.63) is 44.6 Å². The van der Waals surface area contributed by atoms with Gasteiger partial charge in [-0.25, -0.2) is 4.79 Å². The third kappa shape index (κ3) is 7.42. The fourth-order valence-electron chi connectivity index (χ4n) is 7.48. The Labute approximate surface area is 275 Å². The van der Waals surface area contributed by atoms with Crippen LogP contribution in [0.1, 0.15) is 48.8 Å². The first-order valence-corrected chi connectivity index (χ1v) is 17.8. The molecule has 0 radical (unpaired) electrons. The molecule has 4 amide bonds. The van der Waals surface area contributed by atoms with Crippen LogP contribution in [0.5, 0.6) is 0 Å². The number of thiophene rings is 1. The summed E-state index contributed by atoms with van der Waals surface area (Å²) in [6.07, 6.45) is 5.19. The van der Waals surface area contributed by atoms with Crippen LogP contribution in [0.15, 0.2) is 22.9 Å². The second-order valence-corrected chi connectivity index (χ2v) is 14.2. The number of anilines is 2. The molecule has 1 atom stereocenters. The summed E-state index contributed by atoms with van der Waals surface area (Å²) in [6, 6.07) is 4.44. The average molecular weight is 656 g/mol. The van der Waals surface area contributed by atoms with Crippen molar-refractivity contribution in [3.63, 3.8) is 0 Å². The third-order valence-corrected chi connectivity index (χ3v) is 11.3. The fourth-order valence-corrected chi connectivity index (χ4v) is 8.60. The molecule has 12 heteroatoms. The first-order valence-electron chi connectivity index (χ1n) is 16.5. The molecule has 0 saturated carbocycles. The van der Waals surface area contributed by atoms with E-state index in [1.807, 2.05) is 39.1 Å². The number of nitrogens with zero attached hydrogens (tertiary/aromatic N) is 4. The molecule has 2 aromatic rings. The minimum Gasteiger partial charge on any atom is -0.397 e. The summed E-state index contributed by atoms with van der Waals surface area (Å²) < 4.78 is 0. The normalized spacial score (nSPS) is 21.3. The van der Waals surface area contributed by atoms with Gasteiger partial charge in [0.25, 0.3) is 0 Å². The number of piperazine rings is 1. The van der Waals surface area contributed by atoms with E-state index < -0.39 is 5.92 Å². The predicted octanol–water partition coefficient (Wildman–Crippen LogP) is 3.82. The number of likely N-dealkylation sites (tertiary alicyclic amines) is 1. The van der Waals surface area contributed by atoms with Gasteiger partial charge in [0.1, 0.15) is 0 Å². The fraction of sp³-hybridized carbons (Fsp3) is 0.606. The molecule has 0 unspecified atom stereocenters. The number of carbonyl (C=O) groups excluding carboxylic acids is 3. The molecule has 3 fully saturated rings. The van der Waals surface area contributed by atoms with E-state index in [1.54, 1.807) is 11.3 Å². The minimum absolute atomic E-state index is 0.000548. The highest BCUT2D eigenvalue weighted by Crippen LogP contribution is 2.30. The summed E-state index contributed by atoms with van der Waals surface area (Å²) in [4.78, 5) is 49.1. The number of rotatable bonds is 7. The van der Waals surface area contributed by atoms with Crippen LogP contribution in [0, 0.1) is 12.8 Å². The van der Waals surface area contributed by atoms with E-state index in [-0.39, 0.29) is 30.3 Å². The van der Waals surface area contributed by atoms with E-state index in [1.165, 1.54) is 5.56 Å². The van der Waals surface area contributed by atoms with E-state index in [9.17, 15) is 14.4 Å². The number of fused-ring (bicyclic) bond motifs is 1. The van der Waals surface area contributed by atoms with Crippen LogP contribution in [0.3, 0.4) is 0 Å². The number of benzene rings is 1. The lowest BCUT2D eigenvalue weighted by atomic mass is 9.92. The molecule has 3 saturated heterocycles. The van der Waals surface area contributed by atoms with Crippen LogP contribution < -0.4 is 16.4 Å². The van der Waals surface area contributed by atoms with Gasteiger partial charge >= 0.3 is 6.03 Å². The maximum Gasteiger partial charge on any atom is 0.322 e. The van der Waals surface area contributed by atoms with E-state index >= 15 is 0 Å². The molecule has 4 aliphatic rings. The molecule has 1 aromatic heterocycles. The van der Waals surface area contributed by atoms with Crippen LogP contribution >= 0.6 is 22.9 Å². The van der Waals surface area contributed by atoms with Crippen LogP contribution in [-0.2, 0) is 22.4 Å². The molecular weight excluding hydrogens is 610 g/mol. The molecule has 4 aliphatic heterocycles. The summed E-state index contributed by atoms with van der Waals surface area (Å²) in [5.41, 5.74) is 10.6.